The summed E-state index contributed by atoms with van der Waals surface area (Å²) in [6.07, 6.45) is 1.75. The highest BCUT2D eigenvalue weighted by Crippen LogP contribution is 2.23. The smallest absolute Gasteiger partial charge is 0.133 e. The lowest BCUT2D eigenvalue weighted by molar-refractivity contribution is 0.963. The second-order valence-electron chi connectivity index (χ2n) is 3.82. The first-order valence-electron chi connectivity index (χ1n) is 5.53. The van der Waals surface area contributed by atoms with Crippen LogP contribution in [0.25, 0.3) is 10.9 Å². The van der Waals surface area contributed by atoms with Gasteiger partial charge in [0.15, 0.2) is 0 Å². The Labute approximate surface area is 100 Å². The molecule has 2 nitrogen and oxygen atoms in total. The van der Waals surface area contributed by atoms with E-state index in [4.69, 9.17) is 17.3 Å². The topological polar surface area (TPSA) is 38.9 Å². The molecule has 16 heavy (non-hydrogen) atoms. The first kappa shape index (κ1) is 11.4. The van der Waals surface area contributed by atoms with Gasteiger partial charge in [0.1, 0.15) is 5.15 Å². The van der Waals surface area contributed by atoms with Crippen LogP contribution in [0.15, 0.2) is 24.3 Å². The quantitative estimate of drug-likeness (QED) is 0.830. The average Bonchev–Trinajstić information content (AvgIpc) is 2.30. The second-order valence-corrected chi connectivity index (χ2v) is 4.18. The van der Waals surface area contributed by atoms with Gasteiger partial charge in [0, 0.05) is 5.39 Å². The Kier molecular flexibility index (Phi) is 3.42. The van der Waals surface area contributed by atoms with Crippen molar-refractivity contribution >= 4 is 22.5 Å². The fourth-order valence-electron chi connectivity index (χ4n) is 1.90. The molecule has 1 heterocycles. The maximum atomic E-state index is 6.14. The molecule has 0 aliphatic rings. The van der Waals surface area contributed by atoms with Gasteiger partial charge in [0.05, 0.1) is 5.52 Å². The molecule has 0 aliphatic heterocycles. The van der Waals surface area contributed by atoms with Gasteiger partial charge in [0.2, 0.25) is 0 Å². The van der Waals surface area contributed by atoms with Crippen LogP contribution in [-0.2, 0) is 12.8 Å². The van der Waals surface area contributed by atoms with Crippen molar-refractivity contribution in [2.75, 3.05) is 6.54 Å². The van der Waals surface area contributed by atoms with Gasteiger partial charge in [-0.05, 0) is 36.6 Å². The molecule has 2 rings (SSSR count). The van der Waals surface area contributed by atoms with E-state index >= 15 is 0 Å². The van der Waals surface area contributed by atoms with Crippen molar-refractivity contribution in [1.82, 2.24) is 4.98 Å². The van der Waals surface area contributed by atoms with E-state index in [1.807, 2.05) is 0 Å². The number of nitrogens with zero attached hydrogens (tertiary/aromatic N) is 1. The highest BCUT2D eigenvalue weighted by atomic mass is 35.5. The van der Waals surface area contributed by atoms with Crippen LogP contribution in [0.5, 0.6) is 0 Å². The molecule has 0 atom stereocenters. The summed E-state index contributed by atoms with van der Waals surface area (Å²) in [5, 5.41) is 1.73. The van der Waals surface area contributed by atoms with Gasteiger partial charge in [-0.2, -0.15) is 0 Å². The number of hydrogen-bond donors (Lipinski definition) is 1. The summed E-state index contributed by atoms with van der Waals surface area (Å²) < 4.78 is 0. The number of hydrogen-bond acceptors (Lipinski definition) is 2. The molecule has 0 saturated carbocycles. The van der Waals surface area contributed by atoms with Crippen molar-refractivity contribution in [2.24, 2.45) is 5.73 Å². The van der Waals surface area contributed by atoms with Gasteiger partial charge in [-0.25, -0.2) is 4.98 Å². The van der Waals surface area contributed by atoms with E-state index in [0.717, 1.165) is 29.3 Å². The summed E-state index contributed by atoms with van der Waals surface area (Å²) in [6.45, 7) is 2.72. The first-order chi connectivity index (χ1) is 7.76. The summed E-state index contributed by atoms with van der Waals surface area (Å²) in [5.41, 5.74) is 8.82. The third kappa shape index (κ3) is 2.04. The van der Waals surface area contributed by atoms with Crippen molar-refractivity contribution in [3.05, 3.63) is 40.5 Å². The average molecular weight is 235 g/mol. The Hall–Kier alpha value is -1.12. The zero-order valence-corrected chi connectivity index (χ0v) is 10.1. The summed E-state index contributed by atoms with van der Waals surface area (Å²) in [5.74, 6) is 0. The van der Waals surface area contributed by atoms with Crippen LogP contribution < -0.4 is 5.73 Å². The van der Waals surface area contributed by atoms with Crippen LogP contribution >= 0.6 is 11.6 Å². The Morgan fingerprint density at radius 1 is 1.31 bits per heavy atom. The minimum absolute atomic E-state index is 0.582. The minimum atomic E-state index is 0.582. The van der Waals surface area contributed by atoms with E-state index in [9.17, 15) is 0 Å². The number of pyridine rings is 1. The number of aromatic nitrogens is 1. The monoisotopic (exact) mass is 234 g/mol. The normalized spacial score (nSPS) is 10.9. The minimum Gasteiger partial charge on any atom is -0.330 e. The van der Waals surface area contributed by atoms with E-state index in [2.05, 4.69) is 36.2 Å². The Morgan fingerprint density at radius 2 is 2.12 bits per heavy atom. The summed E-state index contributed by atoms with van der Waals surface area (Å²) in [4.78, 5) is 4.47. The van der Waals surface area contributed by atoms with Crippen LogP contribution in [0.1, 0.15) is 18.1 Å². The SMILES string of the molecule is CCc1cccc2cc(CCN)c(Cl)nc12. The lowest BCUT2D eigenvalue weighted by atomic mass is 10.1. The van der Waals surface area contributed by atoms with Gasteiger partial charge in [-0.1, -0.05) is 36.7 Å². The maximum absolute atomic E-state index is 6.14. The maximum Gasteiger partial charge on any atom is 0.133 e. The third-order valence-electron chi connectivity index (χ3n) is 2.75. The zero-order chi connectivity index (χ0) is 11.5. The number of benzene rings is 1. The number of para-hydroxylation sites is 1. The zero-order valence-electron chi connectivity index (χ0n) is 9.33. The van der Waals surface area contributed by atoms with Crippen molar-refractivity contribution in [2.45, 2.75) is 19.8 Å². The molecule has 0 amide bonds. The van der Waals surface area contributed by atoms with Crippen LogP contribution in [-0.4, -0.2) is 11.5 Å². The summed E-state index contributed by atoms with van der Waals surface area (Å²) in [7, 11) is 0. The fraction of sp³-hybridized carbons (Fsp3) is 0.308. The molecule has 3 heteroatoms. The highest BCUT2D eigenvalue weighted by Gasteiger charge is 2.06. The number of fused-ring (bicyclic) bond motifs is 1. The van der Waals surface area contributed by atoms with E-state index in [1.165, 1.54) is 5.56 Å². The number of rotatable bonds is 3. The van der Waals surface area contributed by atoms with E-state index in [0.29, 0.717) is 11.7 Å². The van der Waals surface area contributed by atoms with Crippen molar-refractivity contribution < 1.29 is 0 Å². The molecule has 2 N–H and O–H groups in total. The summed E-state index contributed by atoms with van der Waals surface area (Å²) in [6, 6.07) is 8.31. The predicted molar refractivity (Wildman–Crippen MR) is 68.9 cm³/mol. The molecule has 0 unspecified atom stereocenters. The van der Waals surface area contributed by atoms with Crippen LogP contribution in [0, 0.1) is 0 Å². The van der Waals surface area contributed by atoms with Gasteiger partial charge in [-0.15, -0.1) is 0 Å². The lowest BCUT2D eigenvalue weighted by Crippen LogP contribution is -2.04. The largest absolute Gasteiger partial charge is 0.330 e. The molecule has 0 radical (unpaired) electrons. The third-order valence-corrected chi connectivity index (χ3v) is 3.08. The molecule has 0 spiro atoms. The standard InChI is InChI=1S/C13H15ClN2/c1-2-9-4-3-5-10-8-11(6-7-15)13(14)16-12(9)10/h3-5,8H,2,6-7,15H2,1H3. The molecular formula is C13H15ClN2. The van der Waals surface area contributed by atoms with E-state index < -0.39 is 0 Å². The lowest BCUT2D eigenvalue weighted by Gasteiger charge is -2.07. The molecule has 2 aromatic rings. The molecule has 1 aromatic heterocycles. The van der Waals surface area contributed by atoms with Crippen LogP contribution in [0.4, 0.5) is 0 Å². The van der Waals surface area contributed by atoms with Gasteiger partial charge in [-0.3, -0.25) is 0 Å². The fourth-order valence-corrected chi connectivity index (χ4v) is 2.13. The molecule has 1 aromatic carbocycles. The molecule has 84 valence electrons. The van der Waals surface area contributed by atoms with Crippen molar-refractivity contribution in [3.63, 3.8) is 0 Å². The molecule has 0 fully saturated rings. The Bertz CT molecular complexity index is 509. The van der Waals surface area contributed by atoms with Crippen molar-refractivity contribution in [3.8, 4) is 0 Å². The number of aryl methyl sites for hydroxylation is 1. The van der Waals surface area contributed by atoms with Crippen LogP contribution in [0.3, 0.4) is 0 Å². The first-order valence-corrected chi connectivity index (χ1v) is 5.91. The van der Waals surface area contributed by atoms with E-state index in [1.54, 1.807) is 0 Å². The molecule has 0 saturated heterocycles. The van der Waals surface area contributed by atoms with Crippen LogP contribution in [0.2, 0.25) is 5.15 Å². The number of nitrogens with two attached hydrogens (primary N) is 1. The van der Waals surface area contributed by atoms with Gasteiger partial charge < -0.3 is 5.73 Å². The van der Waals surface area contributed by atoms with Gasteiger partial charge >= 0.3 is 0 Å². The predicted octanol–water partition coefficient (Wildman–Crippen LogP) is 2.95. The van der Waals surface area contributed by atoms with E-state index in [-0.39, 0.29) is 0 Å². The number of halogens is 1. The molecule has 0 aliphatic carbocycles. The highest BCUT2D eigenvalue weighted by molar-refractivity contribution is 6.30. The van der Waals surface area contributed by atoms with Crippen molar-refractivity contribution in [1.29, 1.82) is 0 Å². The second kappa shape index (κ2) is 4.81. The molecular weight excluding hydrogens is 220 g/mol. The Balaban J connectivity index is 2.63. The Morgan fingerprint density at radius 3 is 2.81 bits per heavy atom. The summed E-state index contributed by atoms with van der Waals surface area (Å²) >= 11 is 6.14. The van der Waals surface area contributed by atoms with Gasteiger partial charge in [0.25, 0.3) is 0 Å². The molecule has 0 bridgehead atoms.